The van der Waals surface area contributed by atoms with Crippen LogP contribution in [-0.4, -0.2) is 41.8 Å². The first-order valence-electron chi connectivity index (χ1n) is 12.2. The summed E-state index contributed by atoms with van der Waals surface area (Å²) in [5, 5.41) is 14.9. The maximum atomic E-state index is 13.0. The molecule has 0 fully saturated rings. The summed E-state index contributed by atoms with van der Waals surface area (Å²) in [6.45, 7) is 9.63. The summed E-state index contributed by atoms with van der Waals surface area (Å²) in [5.41, 5.74) is 4.18. The van der Waals surface area contributed by atoms with Gasteiger partial charge in [-0.05, 0) is 40.0 Å². The minimum atomic E-state index is -1.10. The maximum Gasteiger partial charge on any atom is 0.407 e. The lowest BCUT2D eigenvalue weighted by Gasteiger charge is -2.28. The summed E-state index contributed by atoms with van der Waals surface area (Å²) in [5.74, 6) is -1.92. The van der Waals surface area contributed by atoms with Crippen LogP contribution in [0.25, 0.3) is 11.1 Å². The average Bonchev–Trinajstić information content (AvgIpc) is 3.13. The van der Waals surface area contributed by atoms with Gasteiger partial charge in [-0.2, -0.15) is 0 Å². The lowest BCUT2D eigenvalue weighted by Crippen LogP contribution is -2.54. The summed E-state index contributed by atoms with van der Waals surface area (Å²) < 4.78 is 5.60. The van der Waals surface area contributed by atoms with E-state index < -0.39 is 30.1 Å². The van der Waals surface area contributed by atoms with E-state index in [0.29, 0.717) is 6.42 Å². The minimum absolute atomic E-state index is 0.0906. The monoisotopic (exact) mass is 480 g/mol. The molecule has 0 saturated carbocycles. The molecular formula is C28H36N2O5. The van der Waals surface area contributed by atoms with Crippen molar-refractivity contribution in [2.75, 3.05) is 6.61 Å². The number of carbonyl (C=O) groups is 3. The molecule has 7 heteroatoms. The van der Waals surface area contributed by atoms with Gasteiger partial charge in [-0.25, -0.2) is 9.59 Å². The van der Waals surface area contributed by atoms with Crippen molar-refractivity contribution in [1.29, 1.82) is 0 Å². The molecule has 3 atom stereocenters. The molecule has 188 valence electrons. The molecule has 0 radical (unpaired) electrons. The Morgan fingerprint density at radius 2 is 1.51 bits per heavy atom. The number of fused-ring (bicyclic) bond motifs is 3. The number of benzene rings is 2. The second-order valence-corrected chi connectivity index (χ2v) is 10.5. The van der Waals surface area contributed by atoms with Gasteiger partial charge < -0.3 is 20.5 Å². The molecule has 2 unspecified atom stereocenters. The third-order valence-electron chi connectivity index (χ3n) is 6.54. The van der Waals surface area contributed by atoms with Crippen LogP contribution in [-0.2, 0) is 14.3 Å². The molecule has 2 aromatic carbocycles. The Morgan fingerprint density at radius 1 is 0.971 bits per heavy atom. The van der Waals surface area contributed by atoms with Gasteiger partial charge in [0.1, 0.15) is 18.7 Å². The van der Waals surface area contributed by atoms with Crippen LogP contribution in [0.3, 0.4) is 0 Å². The van der Waals surface area contributed by atoms with Crippen LogP contribution in [0.15, 0.2) is 48.5 Å². The molecule has 0 aliphatic heterocycles. The Morgan fingerprint density at radius 3 is 2.00 bits per heavy atom. The summed E-state index contributed by atoms with van der Waals surface area (Å²) in [6, 6.07) is 14.2. The standard InChI is InChI=1S/C28H36N2O5/c1-6-17(2)24(25(31)29-23(26(32)33)15-28(3,4)5)30-27(34)35-16-22-20-13-9-7-11-18(20)19-12-8-10-14-21(19)22/h7-14,17,22-24H,6,15-16H2,1-5H3,(H,29,31)(H,30,34)(H,32,33)/t17?,23?,24-/m0/s1. The van der Waals surface area contributed by atoms with E-state index in [-0.39, 0.29) is 30.3 Å². The number of ether oxygens (including phenoxy) is 1. The molecule has 2 aromatic rings. The lowest BCUT2D eigenvalue weighted by atomic mass is 9.87. The first kappa shape index (κ1) is 26.3. The van der Waals surface area contributed by atoms with Crippen molar-refractivity contribution in [3.8, 4) is 11.1 Å². The summed E-state index contributed by atoms with van der Waals surface area (Å²) in [6.07, 6.45) is 0.195. The lowest BCUT2D eigenvalue weighted by molar-refractivity contribution is -0.143. The number of alkyl carbamates (subject to hydrolysis) is 1. The highest BCUT2D eigenvalue weighted by molar-refractivity contribution is 5.89. The third-order valence-corrected chi connectivity index (χ3v) is 6.54. The van der Waals surface area contributed by atoms with Crippen LogP contribution in [0.2, 0.25) is 0 Å². The Hall–Kier alpha value is -3.35. The first-order valence-corrected chi connectivity index (χ1v) is 12.2. The van der Waals surface area contributed by atoms with Crippen molar-refractivity contribution in [2.24, 2.45) is 11.3 Å². The fourth-order valence-corrected chi connectivity index (χ4v) is 4.54. The van der Waals surface area contributed by atoms with E-state index in [1.807, 2.05) is 71.0 Å². The van der Waals surface area contributed by atoms with E-state index in [9.17, 15) is 19.5 Å². The zero-order chi connectivity index (χ0) is 25.8. The van der Waals surface area contributed by atoms with Gasteiger partial charge in [0.15, 0.2) is 0 Å². The molecular weight excluding hydrogens is 444 g/mol. The van der Waals surface area contributed by atoms with Gasteiger partial charge in [0.05, 0.1) is 0 Å². The van der Waals surface area contributed by atoms with Crippen molar-refractivity contribution in [3.05, 3.63) is 59.7 Å². The summed E-state index contributed by atoms with van der Waals surface area (Å²) >= 11 is 0. The molecule has 35 heavy (non-hydrogen) atoms. The van der Waals surface area contributed by atoms with Crippen molar-refractivity contribution in [1.82, 2.24) is 10.6 Å². The van der Waals surface area contributed by atoms with Gasteiger partial charge in [-0.15, -0.1) is 0 Å². The van der Waals surface area contributed by atoms with Gasteiger partial charge in [-0.1, -0.05) is 89.6 Å². The molecule has 0 saturated heterocycles. The fraction of sp³-hybridized carbons (Fsp3) is 0.464. The van der Waals surface area contributed by atoms with Crippen molar-refractivity contribution in [3.63, 3.8) is 0 Å². The SMILES string of the molecule is CCC(C)[C@H](NC(=O)OCC1c2ccccc2-c2ccccc21)C(=O)NC(CC(C)(C)C)C(=O)O. The third kappa shape index (κ3) is 6.41. The molecule has 1 aliphatic rings. The molecule has 0 heterocycles. The van der Waals surface area contributed by atoms with Crippen LogP contribution in [0, 0.1) is 11.3 Å². The van der Waals surface area contributed by atoms with Crippen molar-refractivity contribution < 1.29 is 24.2 Å². The first-order chi connectivity index (χ1) is 16.5. The number of carbonyl (C=O) groups excluding carboxylic acids is 2. The van der Waals surface area contributed by atoms with E-state index in [2.05, 4.69) is 22.8 Å². The van der Waals surface area contributed by atoms with Crippen molar-refractivity contribution in [2.45, 2.75) is 65.5 Å². The van der Waals surface area contributed by atoms with Gasteiger partial charge in [0.25, 0.3) is 0 Å². The zero-order valence-electron chi connectivity index (χ0n) is 21.1. The van der Waals surface area contributed by atoms with E-state index in [4.69, 9.17) is 4.74 Å². The topological polar surface area (TPSA) is 105 Å². The molecule has 7 nitrogen and oxygen atoms in total. The number of rotatable bonds is 9. The quantitative estimate of drug-likeness (QED) is 0.471. The number of aliphatic carboxylic acids is 1. The fourth-order valence-electron chi connectivity index (χ4n) is 4.54. The van der Waals surface area contributed by atoms with Gasteiger partial charge in [0.2, 0.25) is 5.91 Å². The number of carboxylic acids is 1. The molecule has 0 aromatic heterocycles. The molecule has 3 N–H and O–H groups in total. The van der Waals surface area contributed by atoms with Crippen LogP contribution >= 0.6 is 0 Å². The van der Waals surface area contributed by atoms with E-state index in [1.165, 1.54) is 0 Å². The molecule has 0 spiro atoms. The van der Waals surface area contributed by atoms with Crippen LogP contribution in [0.5, 0.6) is 0 Å². The van der Waals surface area contributed by atoms with E-state index in [0.717, 1.165) is 22.3 Å². The summed E-state index contributed by atoms with van der Waals surface area (Å²) in [7, 11) is 0. The largest absolute Gasteiger partial charge is 0.480 e. The highest BCUT2D eigenvalue weighted by atomic mass is 16.5. The second-order valence-electron chi connectivity index (χ2n) is 10.5. The Labute approximate surface area is 207 Å². The summed E-state index contributed by atoms with van der Waals surface area (Å²) in [4.78, 5) is 37.5. The van der Waals surface area contributed by atoms with E-state index >= 15 is 0 Å². The number of amides is 2. The molecule has 1 aliphatic carbocycles. The minimum Gasteiger partial charge on any atom is -0.480 e. The van der Waals surface area contributed by atoms with Crippen LogP contribution < -0.4 is 10.6 Å². The predicted molar refractivity (Wildman–Crippen MR) is 135 cm³/mol. The molecule has 2 amide bonds. The molecule has 0 bridgehead atoms. The van der Waals surface area contributed by atoms with Crippen molar-refractivity contribution >= 4 is 18.0 Å². The van der Waals surface area contributed by atoms with E-state index in [1.54, 1.807) is 0 Å². The zero-order valence-corrected chi connectivity index (χ0v) is 21.1. The van der Waals surface area contributed by atoms with Crippen LogP contribution in [0.4, 0.5) is 4.79 Å². The number of carboxylic acid groups (broad SMARTS) is 1. The smallest absolute Gasteiger partial charge is 0.407 e. The predicted octanol–water partition coefficient (Wildman–Crippen LogP) is 4.95. The number of hydrogen-bond acceptors (Lipinski definition) is 4. The highest BCUT2D eigenvalue weighted by Gasteiger charge is 2.33. The van der Waals surface area contributed by atoms with Gasteiger partial charge >= 0.3 is 12.1 Å². The normalized spacial score (nSPS) is 15.3. The number of nitrogens with one attached hydrogen (secondary N) is 2. The average molecular weight is 481 g/mol. The maximum absolute atomic E-state index is 13.0. The van der Waals surface area contributed by atoms with Crippen LogP contribution in [0.1, 0.15) is 64.5 Å². The number of hydrogen-bond donors (Lipinski definition) is 3. The second kappa shape index (κ2) is 10.9. The molecule has 3 rings (SSSR count). The Balaban J connectivity index is 1.68. The Kier molecular flexibility index (Phi) is 8.20. The Bertz CT molecular complexity index is 1030. The van der Waals surface area contributed by atoms with Gasteiger partial charge in [0, 0.05) is 5.92 Å². The van der Waals surface area contributed by atoms with Gasteiger partial charge in [-0.3, -0.25) is 4.79 Å². The highest BCUT2D eigenvalue weighted by Crippen LogP contribution is 2.44.